The van der Waals surface area contributed by atoms with E-state index in [1.165, 1.54) is 0 Å². The van der Waals surface area contributed by atoms with Crippen LogP contribution in [0.25, 0.3) is 0 Å². The van der Waals surface area contributed by atoms with Crippen molar-refractivity contribution in [3.63, 3.8) is 0 Å². The number of carbonyl (C=O) groups is 2. The maximum Gasteiger partial charge on any atom is 0.317 e. The molecule has 2 rings (SSSR count). The van der Waals surface area contributed by atoms with Gasteiger partial charge in [0, 0.05) is 25.6 Å². The monoisotopic (exact) mass is 283 g/mol. The Hall–Kier alpha value is -1.30. The fraction of sp³-hybridized carbons (Fsp3) is 0.857. The van der Waals surface area contributed by atoms with Gasteiger partial charge in [0.05, 0.1) is 18.2 Å². The van der Waals surface area contributed by atoms with Crippen molar-refractivity contribution >= 4 is 11.9 Å². The zero-order valence-electron chi connectivity index (χ0n) is 12.6. The molecule has 1 saturated carbocycles. The maximum absolute atomic E-state index is 12.1. The van der Waals surface area contributed by atoms with Crippen LogP contribution in [-0.4, -0.2) is 54.7 Å². The van der Waals surface area contributed by atoms with Crippen LogP contribution in [0, 0.1) is 5.92 Å². The molecular weight excluding hydrogens is 258 g/mol. The van der Waals surface area contributed by atoms with Gasteiger partial charge in [-0.05, 0) is 33.6 Å². The van der Waals surface area contributed by atoms with Crippen LogP contribution in [0.4, 0.5) is 4.79 Å². The first-order valence-corrected chi connectivity index (χ1v) is 7.36. The van der Waals surface area contributed by atoms with Crippen molar-refractivity contribution in [3.8, 4) is 0 Å². The summed E-state index contributed by atoms with van der Waals surface area (Å²) in [6.45, 7) is 8.07. The lowest BCUT2D eigenvalue weighted by molar-refractivity contribution is -0.122. The highest BCUT2D eigenvalue weighted by Crippen LogP contribution is 2.28. The highest BCUT2D eigenvalue weighted by molar-refractivity contribution is 5.80. The van der Waals surface area contributed by atoms with Crippen molar-refractivity contribution < 1.29 is 14.3 Å². The lowest BCUT2D eigenvalue weighted by atomic mass is 10.1. The summed E-state index contributed by atoms with van der Waals surface area (Å²) in [4.78, 5) is 25.3. The molecule has 1 unspecified atom stereocenters. The Labute approximate surface area is 120 Å². The smallest absolute Gasteiger partial charge is 0.317 e. The minimum absolute atomic E-state index is 0.0408. The van der Waals surface area contributed by atoms with Crippen LogP contribution >= 0.6 is 0 Å². The van der Waals surface area contributed by atoms with Gasteiger partial charge in [-0.1, -0.05) is 0 Å². The van der Waals surface area contributed by atoms with E-state index in [0.717, 1.165) is 12.8 Å². The highest BCUT2D eigenvalue weighted by Gasteiger charge is 2.33. The zero-order chi connectivity index (χ0) is 14.8. The van der Waals surface area contributed by atoms with Gasteiger partial charge in [-0.2, -0.15) is 0 Å². The van der Waals surface area contributed by atoms with Crippen LogP contribution < -0.4 is 10.6 Å². The second kappa shape index (κ2) is 5.99. The van der Waals surface area contributed by atoms with E-state index < -0.39 is 0 Å². The number of nitrogens with one attached hydrogen (secondary N) is 2. The summed E-state index contributed by atoms with van der Waals surface area (Å²) in [5.41, 5.74) is -0.310. The Morgan fingerprint density at radius 3 is 2.50 bits per heavy atom. The summed E-state index contributed by atoms with van der Waals surface area (Å²) >= 11 is 0. The van der Waals surface area contributed by atoms with Crippen LogP contribution in [0.15, 0.2) is 0 Å². The van der Waals surface area contributed by atoms with Gasteiger partial charge < -0.3 is 20.3 Å². The number of nitrogens with zero attached hydrogens (tertiary/aromatic N) is 1. The molecule has 1 aliphatic heterocycles. The van der Waals surface area contributed by atoms with E-state index in [9.17, 15) is 9.59 Å². The minimum atomic E-state index is -0.310. The molecule has 20 heavy (non-hydrogen) atoms. The number of morpholine rings is 1. The highest BCUT2D eigenvalue weighted by atomic mass is 16.5. The number of urea groups is 1. The Kier molecular flexibility index (Phi) is 4.52. The predicted octanol–water partition coefficient (Wildman–Crippen LogP) is 0.722. The number of amides is 3. The van der Waals surface area contributed by atoms with Gasteiger partial charge in [-0.25, -0.2) is 4.79 Å². The quantitative estimate of drug-likeness (QED) is 0.747. The molecule has 6 heteroatoms. The maximum atomic E-state index is 12.1. The third kappa shape index (κ3) is 4.37. The number of hydrogen-bond donors (Lipinski definition) is 2. The number of ether oxygens (including phenoxy) is 1. The minimum Gasteiger partial charge on any atom is -0.369 e. The normalized spacial score (nSPS) is 25.1. The molecule has 0 spiro atoms. The predicted molar refractivity (Wildman–Crippen MR) is 75.3 cm³/mol. The molecule has 0 aromatic carbocycles. The van der Waals surface area contributed by atoms with Crippen LogP contribution in [0.3, 0.4) is 0 Å². The molecule has 6 nitrogen and oxygen atoms in total. The Bertz CT molecular complexity index is 380. The van der Waals surface area contributed by atoms with Crippen LogP contribution in [-0.2, 0) is 9.53 Å². The summed E-state index contributed by atoms with van der Waals surface area (Å²) in [5, 5.41) is 5.67. The fourth-order valence-electron chi connectivity index (χ4n) is 2.57. The molecule has 0 radical (unpaired) electrons. The second-order valence-corrected chi connectivity index (χ2v) is 6.37. The number of carbonyl (C=O) groups excluding carboxylic acids is 2. The van der Waals surface area contributed by atoms with Gasteiger partial charge in [0.2, 0.25) is 5.91 Å². The molecule has 2 N–H and O–H groups in total. The molecule has 1 heterocycles. The van der Waals surface area contributed by atoms with Crippen LogP contribution in [0.5, 0.6) is 0 Å². The van der Waals surface area contributed by atoms with E-state index in [-0.39, 0.29) is 29.6 Å². The summed E-state index contributed by atoms with van der Waals surface area (Å²) in [6, 6.07) is -0.0890. The van der Waals surface area contributed by atoms with Crippen molar-refractivity contribution in [3.05, 3.63) is 0 Å². The van der Waals surface area contributed by atoms with E-state index in [1.807, 2.05) is 20.8 Å². The molecule has 0 aromatic rings. The van der Waals surface area contributed by atoms with Gasteiger partial charge in [0.25, 0.3) is 0 Å². The first kappa shape index (κ1) is 15.1. The topological polar surface area (TPSA) is 70.7 Å². The molecule has 2 aliphatic rings. The fourth-order valence-corrected chi connectivity index (χ4v) is 2.57. The van der Waals surface area contributed by atoms with Gasteiger partial charge >= 0.3 is 6.03 Å². The van der Waals surface area contributed by atoms with Gasteiger partial charge in [0.1, 0.15) is 0 Å². The molecule has 0 bridgehead atoms. The Balaban J connectivity index is 1.67. The summed E-state index contributed by atoms with van der Waals surface area (Å²) < 4.78 is 5.77. The summed E-state index contributed by atoms with van der Waals surface area (Å²) in [7, 11) is 0. The largest absolute Gasteiger partial charge is 0.369 e. The first-order chi connectivity index (χ1) is 9.37. The summed E-state index contributed by atoms with van der Waals surface area (Å²) in [5.74, 6) is 0.326. The molecule has 2 fully saturated rings. The molecule has 1 aliphatic carbocycles. The standard InChI is InChI=1S/C14H25N3O3/c1-10-8-17(9-14(2,3)20-10)13(19)16-7-6-15-12(18)11-4-5-11/h10-11H,4-9H2,1-3H3,(H,15,18)(H,16,19). The average Bonchev–Trinajstić information content (AvgIpc) is 3.15. The van der Waals surface area contributed by atoms with Gasteiger partial charge in [-0.15, -0.1) is 0 Å². The van der Waals surface area contributed by atoms with E-state index in [0.29, 0.717) is 26.2 Å². The third-order valence-corrected chi connectivity index (χ3v) is 3.51. The van der Waals surface area contributed by atoms with Crippen molar-refractivity contribution in [2.24, 2.45) is 5.92 Å². The Morgan fingerprint density at radius 2 is 1.90 bits per heavy atom. The van der Waals surface area contributed by atoms with E-state index >= 15 is 0 Å². The third-order valence-electron chi connectivity index (χ3n) is 3.51. The van der Waals surface area contributed by atoms with E-state index in [1.54, 1.807) is 4.90 Å². The molecule has 1 saturated heterocycles. The van der Waals surface area contributed by atoms with Crippen LogP contribution in [0.1, 0.15) is 33.6 Å². The second-order valence-electron chi connectivity index (χ2n) is 6.37. The lowest BCUT2D eigenvalue weighted by Crippen LogP contribution is -2.56. The molecule has 3 amide bonds. The molecule has 0 aromatic heterocycles. The van der Waals surface area contributed by atoms with Crippen LogP contribution in [0.2, 0.25) is 0 Å². The van der Waals surface area contributed by atoms with Crippen molar-refractivity contribution in [2.45, 2.75) is 45.3 Å². The molecule has 114 valence electrons. The zero-order valence-corrected chi connectivity index (χ0v) is 12.6. The number of rotatable bonds is 4. The van der Waals surface area contributed by atoms with Gasteiger partial charge in [-0.3, -0.25) is 4.79 Å². The first-order valence-electron chi connectivity index (χ1n) is 7.36. The Morgan fingerprint density at radius 1 is 1.25 bits per heavy atom. The van der Waals surface area contributed by atoms with Gasteiger partial charge in [0.15, 0.2) is 0 Å². The van der Waals surface area contributed by atoms with E-state index in [2.05, 4.69) is 10.6 Å². The SMILES string of the molecule is CC1CN(C(=O)NCCNC(=O)C2CC2)CC(C)(C)O1. The van der Waals surface area contributed by atoms with Crippen molar-refractivity contribution in [2.75, 3.05) is 26.2 Å². The lowest BCUT2D eigenvalue weighted by Gasteiger charge is -2.41. The molecular formula is C14H25N3O3. The van der Waals surface area contributed by atoms with E-state index in [4.69, 9.17) is 4.74 Å². The average molecular weight is 283 g/mol. The van der Waals surface area contributed by atoms with Crippen molar-refractivity contribution in [1.82, 2.24) is 15.5 Å². The molecule has 1 atom stereocenters. The summed E-state index contributed by atoms with van der Waals surface area (Å²) in [6.07, 6.45) is 2.04. The number of hydrogen-bond acceptors (Lipinski definition) is 3. The van der Waals surface area contributed by atoms with Crippen molar-refractivity contribution in [1.29, 1.82) is 0 Å².